The highest BCUT2D eigenvalue weighted by Crippen LogP contribution is 2.31. The molecule has 0 radical (unpaired) electrons. The number of anilines is 1. The van der Waals surface area contributed by atoms with Gasteiger partial charge in [-0.2, -0.15) is 10.0 Å². The lowest BCUT2D eigenvalue weighted by Crippen LogP contribution is -2.17. The maximum atomic E-state index is 13.4. The highest BCUT2D eigenvalue weighted by atomic mass is 16.5. The van der Waals surface area contributed by atoms with Crippen LogP contribution in [0.3, 0.4) is 0 Å². The van der Waals surface area contributed by atoms with Gasteiger partial charge >= 0.3 is 0 Å². The van der Waals surface area contributed by atoms with Crippen LogP contribution in [0.2, 0.25) is 0 Å². The zero-order valence-electron chi connectivity index (χ0n) is 21.3. The maximum absolute atomic E-state index is 13.4. The first-order chi connectivity index (χ1) is 18.7. The second kappa shape index (κ2) is 9.75. The minimum absolute atomic E-state index is 0.0849. The van der Waals surface area contributed by atoms with Gasteiger partial charge < -0.3 is 20.1 Å². The molecular formula is C28H23N7O4. The maximum Gasteiger partial charge on any atom is 0.291 e. The molecule has 4 heterocycles. The molecule has 0 fully saturated rings. The fourth-order valence-electron chi connectivity index (χ4n) is 4.57. The van der Waals surface area contributed by atoms with Crippen molar-refractivity contribution in [3.05, 3.63) is 87.8 Å². The molecule has 0 spiro atoms. The predicted molar refractivity (Wildman–Crippen MR) is 144 cm³/mol. The van der Waals surface area contributed by atoms with E-state index in [0.29, 0.717) is 34.7 Å². The molecule has 1 aromatic carbocycles. The molecule has 194 valence electrons. The Morgan fingerprint density at radius 3 is 2.64 bits per heavy atom. The third-order valence-electron chi connectivity index (χ3n) is 6.31. The number of amides is 2. The lowest BCUT2D eigenvalue weighted by Gasteiger charge is -2.12. The quantitative estimate of drug-likeness (QED) is 0.345. The molecule has 11 heteroatoms. The number of carbonyl (C=O) groups excluding carboxylic acids is 2. The van der Waals surface area contributed by atoms with E-state index in [1.165, 1.54) is 19.3 Å². The summed E-state index contributed by atoms with van der Waals surface area (Å²) in [6.07, 6.45) is 1.52. The number of pyridine rings is 2. The smallest absolute Gasteiger partial charge is 0.291 e. The van der Waals surface area contributed by atoms with E-state index in [-0.39, 0.29) is 22.6 Å². The van der Waals surface area contributed by atoms with Crippen molar-refractivity contribution in [3.63, 3.8) is 0 Å². The van der Waals surface area contributed by atoms with Gasteiger partial charge in [-0.05, 0) is 50.2 Å². The van der Waals surface area contributed by atoms with Gasteiger partial charge in [-0.25, -0.2) is 4.98 Å². The number of nitrogens with two attached hydrogens (primary N) is 1. The average molecular weight is 522 g/mol. The zero-order chi connectivity index (χ0) is 27.8. The second-order valence-corrected chi connectivity index (χ2v) is 8.87. The van der Waals surface area contributed by atoms with Gasteiger partial charge in [-0.3, -0.25) is 19.4 Å². The number of benzene rings is 1. The van der Waals surface area contributed by atoms with E-state index in [1.807, 2.05) is 29.7 Å². The van der Waals surface area contributed by atoms with Crippen LogP contribution in [0.15, 0.2) is 64.0 Å². The Balaban J connectivity index is 1.57. The van der Waals surface area contributed by atoms with Gasteiger partial charge in [0.2, 0.25) is 11.7 Å². The summed E-state index contributed by atoms with van der Waals surface area (Å²) in [4.78, 5) is 46.5. The van der Waals surface area contributed by atoms with Crippen molar-refractivity contribution in [3.8, 4) is 28.6 Å². The van der Waals surface area contributed by atoms with E-state index in [4.69, 9.17) is 10.3 Å². The van der Waals surface area contributed by atoms with Crippen LogP contribution < -0.4 is 16.6 Å². The van der Waals surface area contributed by atoms with E-state index in [2.05, 4.69) is 15.3 Å². The number of primary amides is 1. The number of carbonyl (C=O) groups is 2. The van der Waals surface area contributed by atoms with Gasteiger partial charge in [0.1, 0.15) is 11.6 Å². The van der Waals surface area contributed by atoms with Gasteiger partial charge in [0.05, 0.1) is 16.9 Å². The topological polar surface area (TPSA) is 162 Å². The summed E-state index contributed by atoms with van der Waals surface area (Å²) in [6.45, 7) is 4.27. The molecule has 0 unspecified atom stereocenters. The molecule has 4 aromatic heterocycles. The highest BCUT2D eigenvalue weighted by Gasteiger charge is 2.22. The largest absolute Gasteiger partial charge is 0.366 e. The summed E-state index contributed by atoms with van der Waals surface area (Å²) < 4.78 is 8.13. The Kier molecular flexibility index (Phi) is 6.29. The van der Waals surface area contributed by atoms with Crippen LogP contribution in [0.4, 0.5) is 5.69 Å². The predicted octanol–water partition coefficient (Wildman–Crippen LogP) is 3.61. The van der Waals surface area contributed by atoms with Gasteiger partial charge in [-0.1, -0.05) is 12.1 Å². The van der Waals surface area contributed by atoms with E-state index in [0.717, 1.165) is 15.8 Å². The van der Waals surface area contributed by atoms with Crippen LogP contribution in [0.1, 0.15) is 39.2 Å². The van der Waals surface area contributed by atoms with E-state index < -0.39 is 17.4 Å². The molecule has 0 aliphatic carbocycles. The van der Waals surface area contributed by atoms with Gasteiger partial charge in [0.15, 0.2) is 5.69 Å². The first kappa shape index (κ1) is 25.2. The number of hydrogen-bond donors (Lipinski definition) is 2. The molecule has 0 saturated carbocycles. The molecule has 0 aliphatic rings. The molecule has 0 atom stereocenters. The number of nitriles is 1. The third-order valence-corrected chi connectivity index (χ3v) is 6.31. The van der Waals surface area contributed by atoms with Crippen LogP contribution in [0.25, 0.3) is 33.4 Å². The van der Waals surface area contributed by atoms with Crippen molar-refractivity contribution >= 4 is 28.4 Å². The molecule has 3 N–H and O–H groups in total. The van der Waals surface area contributed by atoms with Crippen molar-refractivity contribution in [1.82, 2.24) is 19.3 Å². The first-order valence-corrected chi connectivity index (χ1v) is 12.0. The lowest BCUT2D eigenvalue weighted by atomic mass is 10.1. The van der Waals surface area contributed by atoms with E-state index in [1.54, 1.807) is 37.3 Å². The van der Waals surface area contributed by atoms with Crippen LogP contribution in [-0.2, 0) is 13.6 Å². The molecule has 0 saturated heterocycles. The number of hydrogen-bond acceptors (Lipinski definition) is 7. The molecule has 5 aromatic rings. The average Bonchev–Trinajstić information content (AvgIpc) is 3.44. The van der Waals surface area contributed by atoms with Gasteiger partial charge in [-0.15, -0.1) is 0 Å². The van der Waals surface area contributed by atoms with Gasteiger partial charge in [0, 0.05) is 47.7 Å². The second-order valence-electron chi connectivity index (χ2n) is 8.87. The number of aromatic nitrogens is 4. The third kappa shape index (κ3) is 4.44. The minimum atomic E-state index is -0.595. The summed E-state index contributed by atoms with van der Waals surface area (Å²) >= 11 is 0. The number of aryl methyl sites for hydroxylation is 3. The van der Waals surface area contributed by atoms with Crippen LogP contribution in [-0.4, -0.2) is 31.1 Å². The highest BCUT2D eigenvalue weighted by molar-refractivity contribution is 6.11. The Morgan fingerprint density at radius 1 is 1.18 bits per heavy atom. The molecule has 39 heavy (non-hydrogen) atoms. The Labute approximate surface area is 222 Å². The van der Waals surface area contributed by atoms with Crippen LogP contribution >= 0.6 is 0 Å². The number of rotatable bonds is 6. The standard InChI is InChI=1S/C28H23N7O4/c1-4-35-21(20-9-8-17(14-31-20)23-22(13-29)39-34(3)28(23)38)12-18-10-15(2)32-24(25(18)35)27(37)33-19-7-5-6-16(11-19)26(30)36/h5-12,14H,4H2,1-3H3,(H2,30,36)(H,33,37). The lowest BCUT2D eigenvalue weighted by molar-refractivity contribution is 0.0995. The summed E-state index contributed by atoms with van der Waals surface area (Å²) in [5, 5.41) is 13.0. The molecule has 11 nitrogen and oxygen atoms in total. The molecule has 5 rings (SSSR count). The number of nitrogens with one attached hydrogen (secondary N) is 1. The zero-order valence-corrected chi connectivity index (χ0v) is 21.3. The minimum Gasteiger partial charge on any atom is -0.366 e. The van der Waals surface area contributed by atoms with Crippen molar-refractivity contribution in [2.24, 2.45) is 12.8 Å². The van der Waals surface area contributed by atoms with Crippen LogP contribution in [0, 0.1) is 18.3 Å². The normalized spacial score (nSPS) is 10.9. The Hall–Kier alpha value is -5.50. The summed E-state index contributed by atoms with van der Waals surface area (Å²) in [5.74, 6) is -1.12. The number of fused-ring (bicyclic) bond motifs is 1. The Morgan fingerprint density at radius 2 is 1.97 bits per heavy atom. The number of nitrogens with zero attached hydrogens (tertiary/aromatic N) is 5. The first-order valence-electron chi connectivity index (χ1n) is 12.0. The van der Waals surface area contributed by atoms with E-state index in [9.17, 15) is 19.6 Å². The fraction of sp³-hybridized carbons (Fsp3) is 0.143. The summed E-state index contributed by atoms with van der Waals surface area (Å²) in [6, 6.07) is 15.5. The molecular weight excluding hydrogens is 498 g/mol. The fourth-order valence-corrected chi connectivity index (χ4v) is 4.57. The Bertz CT molecular complexity index is 1870. The molecule has 0 bridgehead atoms. The van der Waals surface area contributed by atoms with Gasteiger partial charge in [0.25, 0.3) is 11.5 Å². The molecule has 2 amide bonds. The van der Waals surface area contributed by atoms with Crippen molar-refractivity contribution in [1.29, 1.82) is 5.26 Å². The van der Waals surface area contributed by atoms with E-state index >= 15 is 0 Å². The molecule has 0 aliphatic heterocycles. The van der Waals surface area contributed by atoms with Crippen molar-refractivity contribution in [2.45, 2.75) is 20.4 Å². The van der Waals surface area contributed by atoms with Crippen molar-refractivity contribution < 1.29 is 14.1 Å². The van der Waals surface area contributed by atoms with Crippen LogP contribution in [0.5, 0.6) is 0 Å². The summed E-state index contributed by atoms with van der Waals surface area (Å²) in [7, 11) is 1.44. The van der Waals surface area contributed by atoms with Crippen molar-refractivity contribution in [2.75, 3.05) is 5.32 Å². The SMILES string of the molecule is CCn1c(-c2ccc(-c3c(C#N)on(C)c3=O)cn2)cc2cc(C)nc(C(=O)Nc3cccc(C(N)=O)c3)c21. The summed E-state index contributed by atoms with van der Waals surface area (Å²) in [5.41, 5.74) is 9.10. The monoisotopic (exact) mass is 521 g/mol.